The Hall–Kier alpha value is -1.88. The molecule has 32 heavy (non-hydrogen) atoms. The second kappa shape index (κ2) is 10.8. The number of fused-ring (bicyclic) bond motifs is 1. The van der Waals surface area contributed by atoms with Crippen molar-refractivity contribution in [3.63, 3.8) is 0 Å². The Balaban J connectivity index is 0.000000360. The molecule has 3 unspecified atom stereocenters. The van der Waals surface area contributed by atoms with Gasteiger partial charge in [0.25, 0.3) is 6.47 Å². The molecule has 0 bridgehead atoms. The maximum Gasteiger partial charge on any atom is 0.293 e. The van der Waals surface area contributed by atoms with E-state index in [1.165, 1.54) is 0 Å². The molecule has 1 aliphatic heterocycles. The summed E-state index contributed by atoms with van der Waals surface area (Å²) in [4.78, 5) is 10.5. The summed E-state index contributed by atoms with van der Waals surface area (Å²) in [6.45, 7) is 4.57. The molecule has 4 N–H and O–H groups in total. The average molecular weight is 483 g/mol. The molecule has 7 nitrogen and oxygen atoms in total. The number of H-pyrrole nitrogens is 1. The molecule has 4 rings (SSSR count). The summed E-state index contributed by atoms with van der Waals surface area (Å²) in [6, 6.07) is 5.61. The number of likely N-dealkylation sites (N-methyl/N-ethyl adjacent to an activating group) is 1. The molecule has 1 aromatic carbocycles. The summed E-state index contributed by atoms with van der Waals surface area (Å²) in [5, 5.41) is 21.8. The number of carbonyl (C=O) groups excluding carboxylic acids is 1. The van der Waals surface area contributed by atoms with E-state index in [0.717, 1.165) is 41.8 Å². The van der Waals surface area contributed by atoms with Gasteiger partial charge >= 0.3 is 0 Å². The van der Waals surface area contributed by atoms with Gasteiger partial charge in [-0.25, -0.2) is 4.39 Å². The SMILES string of the molecule is CNC(C)(C)CO.O=COC1CCC(c2cc(Nc3ccc4c(c3F)CS(=S)C4)n[nH]2)C1. The Morgan fingerprint density at radius 1 is 1.41 bits per heavy atom. The van der Waals surface area contributed by atoms with Crippen molar-refractivity contribution in [3.8, 4) is 0 Å². The van der Waals surface area contributed by atoms with E-state index in [9.17, 15) is 9.18 Å². The van der Waals surface area contributed by atoms with Crippen molar-refractivity contribution in [2.75, 3.05) is 19.0 Å². The number of ether oxygens (including phenoxy) is 1. The molecule has 2 aliphatic rings. The summed E-state index contributed by atoms with van der Waals surface area (Å²) >= 11 is 5.32. The summed E-state index contributed by atoms with van der Waals surface area (Å²) in [5.41, 5.74) is 3.06. The monoisotopic (exact) mass is 482 g/mol. The van der Waals surface area contributed by atoms with Crippen molar-refractivity contribution in [2.45, 2.75) is 62.2 Å². The molecule has 0 spiro atoms. The highest BCUT2D eigenvalue weighted by Crippen LogP contribution is 2.36. The third-order valence-electron chi connectivity index (χ3n) is 5.97. The zero-order valence-electron chi connectivity index (χ0n) is 18.6. The molecular weight excluding hydrogens is 451 g/mol. The molecule has 3 atom stereocenters. The third kappa shape index (κ3) is 6.12. The van der Waals surface area contributed by atoms with Crippen LogP contribution in [-0.2, 0) is 41.7 Å². The Kier molecular flexibility index (Phi) is 8.37. The van der Waals surface area contributed by atoms with Crippen LogP contribution in [0.4, 0.5) is 15.9 Å². The molecule has 1 aliphatic carbocycles. The maximum atomic E-state index is 14.7. The predicted octanol–water partition coefficient (Wildman–Crippen LogP) is 3.17. The lowest BCUT2D eigenvalue weighted by Crippen LogP contribution is -2.39. The first-order chi connectivity index (χ1) is 15.3. The number of aliphatic hydroxyl groups is 1. The van der Waals surface area contributed by atoms with E-state index in [1.807, 2.05) is 33.0 Å². The van der Waals surface area contributed by atoms with E-state index in [-0.39, 0.29) is 39.4 Å². The highest BCUT2D eigenvalue weighted by molar-refractivity contribution is 8.28. The second-order valence-corrected chi connectivity index (χ2v) is 11.7. The van der Waals surface area contributed by atoms with Crippen molar-refractivity contribution in [2.24, 2.45) is 0 Å². The largest absolute Gasteiger partial charge is 0.465 e. The number of halogens is 1. The topological polar surface area (TPSA) is 99.3 Å². The van der Waals surface area contributed by atoms with E-state index in [0.29, 0.717) is 23.7 Å². The lowest BCUT2D eigenvalue weighted by atomic mass is 10.0. The standard InChI is InChI=1S/C17H18FN3O2S2.C5H13NO/c18-17-13-8-25(24)7-11(13)2-4-14(17)19-16-6-15(20-21-16)10-1-3-12(5-10)23-9-22;1-5(2,4-7)6-3/h2,4,6,9-10,12H,1,3,5,7-8H2,(H2,19,20,21);6-7H,4H2,1-3H3. The van der Waals surface area contributed by atoms with Crippen molar-refractivity contribution >= 4 is 38.6 Å². The first-order valence-electron chi connectivity index (χ1n) is 10.6. The van der Waals surface area contributed by atoms with Gasteiger partial charge in [-0.3, -0.25) is 9.89 Å². The number of hydrogen-bond acceptors (Lipinski definition) is 7. The molecule has 10 heteroatoms. The number of hydrogen-bond donors (Lipinski definition) is 4. The Morgan fingerprint density at radius 3 is 2.84 bits per heavy atom. The number of aromatic amines is 1. The number of anilines is 2. The zero-order chi connectivity index (χ0) is 23.3. The molecule has 1 saturated carbocycles. The zero-order valence-corrected chi connectivity index (χ0v) is 20.2. The van der Waals surface area contributed by atoms with Crippen LogP contribution < -0.4 is 10.6 Å². The summed E-state index contributed by atoms with van der Waals surface area (Å²) in [7, 11) is 1.65. The van der Waals surface area contributed by atoms with Crippen LogP contribution >= 0.6 is 0 Å². The molecule has 2 heterocycles. The minimum Gasteiger partial charge on any atom is -0.465 e. The van der Waals surface area contributed by atoms with Crippen molar-refractivity contribution in [1.29, 1.82) is 0 Å². The van der Waals surface area contributed by atoms with Gasteiger partial charge in [0.15, 0.2) is 11.6 Å². The van der Waals surface area contributed by atoms with Gasteiger partial charge in [-0.2, -0.15) is 5.10 Å². The Bertz CT molecular complexity index is 961. The molecule has 1 fully saturated rings. The van der Waals surface area contributed by atoms with Gasteiger partial charge in [-0.15, -0.1) is 9.45 Å². The van der Waals surface area contributed by atoms with Crippen molar-refractivity contribution in [1.82, 2.24) is 15.5 Å². The lowest BCUT2D eigenvalue weighted by Gasteiger charge is -2.19. The van der Waals surface area contributed by atoms with Crippen LogP contribution in [0.15, 0.2) is 18.2 Å². The van der Waals surface area contributed by atoms with Gasteiger partial charge in [-0.05, 0) is 51.8 Å². The Labute approximate surface area is 195 Å². The van der Waals surface area contributed by atoms with E-state index < -0.39 is 0 Å². The number of aliphatic hydroxyl groups excluding tert-OH is 1. The van der Waals surface area contributed by atoms with Crippen LogP contribution in [-0.4, -0.2) is 47.1 Å². The lowest BCUT2D eigenvalue weighted by molar-refractivity contribution is -0.133. The molecule has 0 radical (unpaired) electrons. The van der Waals surface area contributed by atoms with Crippen LogP contribution in [0.3, 0.4) is 0 Å². The molecular formula is C22H31FN4O3S2. The summed E-state index contributed by atoms with van der Waals surface area (Å²) < 4.78 is 19.7. The van der Waals surface area contributed by atoms with Gasteiger partial charge < -0.3 is 20.5 Å². The normalized spacial score (nSPS) is 22.1. The number of aromatic nitrogens is 2. The maximum absolute atomic E-state index is 14.7. The molecule has 0 amide bonds. The average Bonchev–Trinajstić information content (AvgIpc) is 3.51. The van der Waals surface area contributed by atoms with E-state index >= 15 is 0 Å². The first kappa shape index (κ1) is 24.8. The van der Waals surface area contributed by atoms with Crippen LogP contribution in [0.25, 0.3) is 0 Å². The first-order valence-corrected chi connectivity index (χ1v) is 13.1. The fourth-order valence-electron chi connectivity index (χ4n) is 3.69. The van der Waals surface area contributed by atoms with Gasteiger partial charge in [-0.1, -0.05) is 17.3 Å². The van der Waals surface area contributed by atoms with Crippen LogP contribution in [0.2, 0.25) is 0 Å². The third-order valence-corrected chi connectivity index (χ3v) is 7.92. The summed E-state index contributed by atoms with van der Waals surface area (Å²) in [6.07, 6.45) is 2.56. The van der Waals surface area contributed by atoms with Gasteiger partial charge in [0.05, 0.1) is 12.3 Å². The predicted molar refractivity (Wildman–Crippen MR) is 128 cm³/mol. The number of benzene rings is 1. The van der Waals surface area contributed by atoms with Crippen LogP contribution in [0.1, 0.15) is 55.8 Å². The Morgan fingerprint density at radius 2 is 2.19 bits per heavy atom. The quantitative estimate of drug-likeness (QED) is 0.450. The summed E-state index contributed by atoms with van der Waals surface area (Å²) in [5.74, 6) is 2.07. The minimum atomic E-state index is -0.220. The number of rotatable bonds is 7. The smallest absolute Gasteiger partial charge is 0.293 e. The van der Waals surface area contributed by atoms with E-state index in [4.69, 9.17) is 21.0 Å². The van der Waals surface area contributed by atoms with Crippen molar-refractivity contribution in [3.05, 3.63) is 40.8 Å². The highest BCUT2D eigenvalue weighted by Gasteiger charge is 2.28. The fraction of sp³-hybridized carbons (Fsp3) is 0.545. The number of carbonyl (C=O) groups is 1. The minimum absolute atomic E-state index is 0.0245. The van der Waals surface area contributed by atoms with Crippen LogP contribution in [0, 0.1) is 5.82 Å². The van der Waals surface area contributed by atoms with E-state index in [1.54, 1.807) is 6.07 Å². The van der Waals surface area contributed by atoms with Crippen LogP contribution in [0.5, 0.6) is 0 Å². The van der Waals surface area contributed by atoms with Gasteiger partial charge in [0, 0.05) is 40.3 Å². The molecule has 0 saturated heterocycles. The van der Waals surface area contributed by atoms with E-state index in [2.05, 4.69) is 20.8 Å². The van der Waals surface area contributed by atoms with Gasteiger partial charge in [0.2, 0.25) is 0 Å². The molecule has 176 valence electrons. The fourth-order valence-corrected chi connectivity index (χ4v) is 5.77. The number of nitrogens with zero attached hydrogens (tertiary/aromatic N) is 1. The second-order valence-electron chi connectivity index (χ2n) is 8.78. The molecule has 2 aromatic rings. The highest BCUT2D eigenvalue weighted by atomic mass is 32.8. The molecule has 1 aromatic heterocycles. The van der Waals surface area contributed by atoms with Crippen molar-refractivity contribution < 1.29 is 19.0 Å². The van der Waals surface area contributed by atoms with Gasteiger partial charge in [0.1, 0.15) is 6.10 Å². The number of nitrogens with one attached hydrogen (secondary N) is 3.